The highest BCUT2D eigenvalue weighted by atomic mass is 16.6. The van der Waals surface area contributed by atoms with E-state index in [9.17, 15) is 5.11 Å². The van der Waals surface area contributed by atoms with Crippen molar-refractivity contribution in [2.75, 3.05) is 72.7 Å². The molecule has 1 aromatic rings. The number of rotatable bonds is 20. The van der Waals surface area contributed by atoms with E-state index in [1.807, 2.05) is 44.2 Å². The minimum absolute atomic E-state index is 0. The minimum Gasteiger partial charge on any atom is -0.491 e. The van der Waals surface area contributed by atoms with E-state index in [0.29, 0.717) is 79.1 Å². The molecule has 204 valence electrons. The van der Waals surface area contributed by atoms with Crippen LogP contribution in [0.5, 0.6) is 5.75 Å². The first kappa shape index (κ1) is 37.3. The number of hydrogen-bond acceptors (Lipinski definition) is 8. The highest BCUT2D eigenvalue weighted by molar-refractivity contribution is 5.20. The van der Waals surface area contributed by atoms with Gasteiger partial charge in [-0.05, 0) is 31.9 Å². The normalized spacial score (nSPS) is 11.9. The van der Waals surface area contributed by atoms with E-state index >= 15 is 0 Å². The van der Waals surface area contributed by atoms with Crippen LogP contribution >= 0.6 is 0 Å². The van der Waals surface area contributed by atoms with Crippen LogP contribution in [0.4, 0.5) is 0 Å². The molecule has 0 bridgehead atoms. The lowest BCUT2D eigenvalue weighted by Crippen LogP contribution is -2.17. The van der Waals surface area contributed by atoms with Crippen LogP contribution < -0.4 is 4.74 Å². The minimum atomic E-state index is -0.388. The van der Waals surface area contributed by atoms with E-state index in [1.165, 1.54) is 0 Å². The zero-order chi connectivity index (χ0) is 23.7. The topological polar surface area (TPSA) is 95.8 Å². The summed E-state index contributed by atoms with van der Waals surface area (Å²) in [6, 6.07) is 9.66. The summed E-state index contributed by atoms with van der Waals surface area (Å²) >= 11 is 0. The van der Waals surface area contributed by atoms with Gasteiger partial charge in [0.1, 0.15) is 12.4 Å². The zero-order valence-corrected chi connectivity index (χ0v) is 20.1. The molecule has 0 aliphatic heterocycles. The Labute approximate surface area is 208 Å². The quantitative estimate of drug-likeness (QED) is 0.264. The number of ether oxygens (including phenoxy) is 6. The van der Waals surface area contributed by atoms with Crippen molar-refractivity contribution in [2.24, 2.45) is 0 Å². The number of aliphatic hydroxyl groups is 2. The highest BCUT2D eigenvalue weighted by Gasteiger charge is 1.99. The van der Waals surface area contributed by atoms with Crippen molar-refractivity contribution >= 4 is 0 Å². The van der Waals surface area contributed by atoms with Crippen molar-refractivity contribution in [3.63, 3.8) is 0 Å². The molecular formula is C26H52O8. The van der Waals surface area contributed by atoms with Crippen molar-refractivity contribution in [1.29, 1.82) is 0 Å². The van der Waals surface area contributed by atoms with E-state index < -0.39 is 0 Å². The fourth-order valence-corrected chi connectivity index (χ4v) is 1.95. The van der Waals surface area contributed by atoms with Gasteiger partial charge in [-0.2, -0.15) is 0 Å². The molecule has 2 unspecified atom stereocenters. The van der Waals surface area contributed by atoms with Gasteiger partial charge in [0, 0.05) is 0 Å². The van der Waals surface area contributed by atoms with Crippen molar-refractivity contribution in [1.82, 2.24) is 0 Å². The molecule has 0 aromatic heterocycles. The van der Waals surface area contributed by atoms with Crippen LogP contribution in [0.2, 0.25) is 0 Å². The molecule has 0 radical (unpaired) electrons. The van der Waals surface area contributed by atoms with Gasteiger partial charge in [0.2, 0.25) is 0 Å². The maximum Gasteiger partial charge on any atom is 0.119 e. The van der Waals surface area contributed by atoms with Crippen molar-refractivity contribution in [3.05, 3.63) is 30.3 Å². The molecule has 0 aliphatic rings. The van der Waals surface area contributed by atoms with Crippen LogP contribution in [0.25, 0.3) is 0 Å². The van der Waals surface area contributed by atoms with Gasteiger partial charge < -0.3 is 38.6 Å². The SMILES string of the molecule is C.C.CCC(C)O.CCC(O)COCCOCCOCCOCCOCCOc1ccccc1. The second kappa shape index (κ2) is 29.8. The smallest absolute Gasteiger partial charge is 0.119 e. The summed E-state index contributed by atoms with van der Waals surface area (Å²) in [6.45, 7) is 11.2. The third-order valence-corrected chi connectivity index (χ3v) is 4.10. The molecule has 0 amide bonds. The summed E-state index contributed by atoms with van der Waals surface area (Å²) in [7, 11) is 0. The predicted molar refractivity (Wildman–Crippen MR) is 138 cm³/mol. The summed E-state index contributed by atoms with van der Waals surface area (Å²) in [4.78, 5) is 0. The van der Waals surface area contributed by atoms with Crippen LogP contribution in [-0.2, 0) is 23.7 Å². The first-order chi connectivity index (χ1) is 15.6. The summed E-state index contributed by atoms with van der Waals surface area (Å²) in [5, 5.41) is 17.7. The number of hydrogen-bond donors (Lipinski definition) is 2. The Balaban J connectivity index is -0.00000124. The van der Waals surface area contributed by atoms with E-state index in [-0.39, 0.29) is 27.1 Å². The molecule has 1 rings (SSSR count). The molecule has 1 aromatic carbocycles. The Hall–Kier alpha value is -1.26. The van der Waals surface area contributed by atoms with Gasteiger partial charge in [0.05, 0.1) is 78.3 Å². The molecule has 0 saturated carbocycles. The summed E-state index contributed by atoms with van der Waals surface area (Å²) in [5.41, 5.74) is 0. The Morgan fingerprint density at radius 2 is 1.00 bits per heavy atom. The fraction of sp³-hybridized carbons (Fsp3) is 0.769. The van der Waals surface area contributed by atoms with Crippen molar-refractivity contribution in [2.45, 2.75) is 60.7 Å². The van der Waals surface area contributed by atoms with Gasteiger partial charge >= 0.3 is 0 Å². The molecular weight excluding hydrogens is 440 g/mol. The van der Waals surface area contributed by atoms with Gasteiger partial charge in [-0.3, -0.25) is 0 Å². The summed E-state index contributed by atoms with van der Waals surface area (Å²) in [5.74, 6) is 0.848. The van der Waals surface area contributed by atoms with Crippen molar-refractivity contribution < 1.29 is 38.6 Å². The lowest BCUT2D eigenvalue weighted by Gasteiger charge is -2.09. The summed E-state index contributed by atoms with van der Waals surface area (Å²) < 4.78 is 32.4. The maximum absolute atomic E-state index is 9.31. The molecule has 8 heteroatoms. The molecule has 8 nitrogen and oxygen atoms in total. The lowest BCUT2D eigenvalue weighted by atomic mass is 10.3. The average molecular weight is 493 g/mol. The van der Waals surface area contributed by atoms with E-state index in [2.05, 4.69) is 0 Å². The molecule has 0 saturated heterocycles. The van der Waals surface area contributed by atoms with Crippen LogP contribution in [0.3, 0.4) is 0 Å². The number of aliphatic hydroxyl groups excluding tert-OH is 2. The van der Waals surface area contributed by atoms with E-state index in [0.717, 1.165) is 12.2 Å². The Morgan fingerprint density at radius 3 is 1.38 bits per heavy atom. The molecule has 0 fully saturated rings. The van der Waals surface area contributed by atoms with Crippen LogP contribution in [0, 0.1) is 0 Å². The average Bonchev–Trinajstić information content (AvgIpc) is 2.81. The lowest BCUT2D eigenvalue weighted by molar-refractivity contribution is -0.0219. The number of para-hydroxylation sites is 1. The van der Waals surface area contributed by atoms with Crippen LogP contribution in [-0.4, -0.2) is 95.1 Å². The molecule has 2 N–H and O–H groups in total. The molecule has 0 heterocycles. The second-order valence-corrected chi connectivity index (χ2v) is 7.01. The van der Waals surface area contributed by atoms with E-state index in [4.69, 9.17) is 33.5 Å². The third kappa shape index (κ3) is 28.8. The van der Waals surface area contributed by atoms with E-state index in [1.54, 1.807) is 6.92 Å². The molecule has 0 aliphatic carbocycles. The fourth-order valence-electron chi connectivity index (χ4n) is 1.95. The maximum atomic E-state index is 9.31. The largest absolute Gasteiger partial charge is 0.491 e. The molecule has 0 spiro atoms. The predicted octanol–water partition coefficient (Wildman–Crippen LogP) is 3.97. The molecule has 34 heavy (non-hydrogen) atoms. The van der Waals surface area contributed by atoms with Gasteiger partial charge in [-0.1, -0.05) is 46.9 Å². The monoisotopic (exact) mass is 492 g/mol. The standard InChI is InChI=1S/C20H34O7.C4H10O.2CH4/c1-2-19(21)18-26-15-14-24-11-10-22-8-9-23-12-13-25-16-17-27-20-6-4-3-5-7-20;1-3-4(2)5;;/h3-7,19,21H,2,8-18H2,1H3;4-5H,3H2,1-2H3;2*1H4. The van der Waals surface area contributed by atoms with Crippen LogP contribution in [0.1, 0.15) is 48.5 Å². The Kier molecular flexibility index (Phi) is 32.7. The van der Waals surface area contributed by atoms with Crippen LogP contribution in [0.15, 0.2) is 30.3 Å². The first-order valence-electron chi connectivity index (χ1n) is 11.5. The molecule has 2 atom stereocenters. The van der Waals surface area contributed by atoms with Gasteiger partial charge in [-0.25, -0.2) is 0 Å². The first-order valence-corrected chi connectivity index (χ1v) is 11.5. The Morgan fingerprint density at radius 1 is 0.618 bits per heavy atom. The van der Waals surface area contributed by atoms with Gasteiger partial charge in [0.15, 0.2) is 0 Å². The Bertz CT molecular complexity index is 473. The summed E-state index contributed by atoms with van der Waals surface area (Å²) in [6.07, 6.45) is 1.06. The van der Waals surface area contributed by atoms with Crippen molar-refractivity contribution in [3.8, 4) is 5.75 Å². The second-order valence-electron chi connectivity index (χ2n) is 7.01. The van der Waals surface area contributed by atoms with Gasteiger partial charge in [-0.15, -0.1) is 0 Å². The zero-order valence-electron chi connectivity index (χ0n) is 20.1. The highest BCUT2D eigenvalue weighted by Crippen LogP contribution is 2.07. The third-order valence-electron chi connectivity index (χ3n) is 4.10. The number of benzene rings is 1. The van der Waals surface area contributed by atoms with Gasteiger partial charge in [0.25, 0.3) is 0 Å².